The highest BCUT2D eigenvalue weighted by Gasteiger charge is 2.45. The summed E-state index contributed by atoms with van der Waals surface area (Å²) < 4.78 is 33.1. The van der Waals surface area contributed by atoms with Crippen molar-refractivity contribution in [2.24, 2.45) is 0 Å². The van der Waals surface area contributed by atoms with E-state index in [1.54, 1.807) is 48.7 Å². The van der Waals surface area contributed by atoms with Crippen LogP contribution < -0.4 is 10.4 Å². The summed E-state index contributed by atoms with van der Waals surface area (Å²) in [5, 5.41) is 1.65. The first-order chi connectivity index (χ1) is 10.5. The second kappa shape index (κ2) is 8.13. The summed E-state index contributed by atoms with van der Waals surface area (Å²) in [5.41, 5.74) is 0.831. The molecule has 0 unspecified atom stereocenters. The molecule has 0 atom stereocenters. The van der Waals surface area contributed by atoms with Gasteiger partial charge < -0.3 is 26.6 Å². The minimum Gasteiger partial charge on any atom is -0.373 e. The van der Waals surface area contributed by atoms with Gasteiger partial charge in [-0.3, -0.25) is 0 Å². The van der Waals surface area contributed by atoms with E-state index in [-0.39, 0.29) is 0 Å². The number of hydrogen-bond acceptors (Lipinski definition) is 6. The lowest BCUT2D eigenvalue weighted by Gasteiger charge is -2.28. The lowest BCUT2D eigenvalue weighted by molar-refractivity contribution is 0.139. The van der Waals surface area contributed by atoms with Crippen LogP contribution in [0.1, 0.15) is 5.56 Å². The molecular weight excluding hydrogens is 320 g/mol. The molecule has 8 heteroatoms. The summed E-state index contributed by atoms with van der Waals surface area (Å²) >= 11 is 0. The Balaban J connectivity index is 3.47. The smallest absolute Gasteiger partial charge is 0.373 e. The van der Waals surface area contributed by atoms with Gasteiger partial charge in [-0.2, -0.15) is 0 Å². The van der Waals surface area contributed by atoms with Crippen LogP contribution in [0.2, 0.25) is 0 Å². The van der Waals surface area contributed by atoms with Gasteiger partial charge in [0, 0.05) is 53.0 Å². The van der Waals surface area contributed by atoms with Crippen molar-refractivity contribution in [3.63, 3.8) is 0 Å². The van der Waals surface area contributed by atoms with Crippen LogP contribution in [0.5, 0.6) is 0 Å². The fourth-order valence-electron chi connectivity index (χ4n) is 2.38. The zero-order chi connectivity index (χ0) is 16.8. The van der Waals surface area contributed by atoms with E-state index in [1.165, 1.54) is 0 Å². The van der Waals surface area contributed by atoms with E-state index < -0.39 is 17.6 Å². The minimum atomic E-state index is -2.95. The lowest BCUT2D eigenvalue weighted by Crippen LogP contribution is -2.58. The Morgan fingerprint density at radius 3 is 1.59 bits per heavy atom. The molecule has 0 amide bonds. The maximum absolute atomic E-state index is 5.53. The van der Waals surface area contributed by atoms with Crippen LogP contribution in [-0.2, 0) is 26.6 Å². The van der Waals surface area contributed by atoms with Gasteiger partial charge in [0.2, 0.25) is 0 Å². The van der Waals surface area contributed by atoms with Crippen LogP contribution in [-0.4, -0.2) is 60.3 Å². The van der Waals surface area contributed by atoms with Crippen LogP contribution in [0, 0.1) is 0 Å². The molecule has 1 rings (SSSR count). The summed E-state index contributed by atoms with van der Waals surface area (Å²) in [4.78, 5) is 0. The Labute approximate surface area is 134 Å². The molecule has 0 aromatic heterocycles. The Morgan fingerprint density at radius 2 is 1.23 bits per heavy atom. The molecule has 0 spiro atoms. The van der Waals surface area contributed by atoms with Crippen molar-refractivity contribution in [3.8, 4) is 0 Å². The van der Waals surface area contributed by atoms with Crippen molar-refractivity contribution in [3.05, 3.63) is 30.3 Å². The first kappa shape index (κ1) is 19.2. The van der Waals surface area contributed by atoms with E-state index in [9.17, 15) is 0 Å². The van der Waals surface area contributed by atoms with Crippen LogP contribution in [0.15, 0.2) is 24.8 Å². The highest BCUT2D eigenvalue weighted by Crippen LogP contribution is 2.14. The fourth-order valence-corrected chi connectivity index (χ4v) is 6.19. The Hall–Kier alpha value is -0.846. The predicted octanol–water partition coefficient (Wildman–Crippen LogP) is 0.500. The van der Waals surface area contributed by atoms with Crippen molar-refractivity contribution >= 4 is 34.1 Å². The molecule has 0 saturated carbocycles. The SMILES string of the molecule is C=Cc1cc([Si](OC)(OC)OC)ccc1[Si](OC)(OC)OC. The van der Waals surface area contributed by atoms with Crippen LogP contribution in [0.4, 0.5) is 0 Å². The summed E-state index contributed by atoms with van der Waals surface area (Å²) in [5.74, 6) is 0. The summed E-state index contributed by atoms with van der Waals surface area (Å²) in [6.07, 6.45) is 1.72. The first-order valence-corrected chi connectivity index (χ1v) is 10.1. The zero-order valence-corrected chi connectivity index (χ0v) is 16.0. The average Bonchev–Trinajstić information content (AvgIpc) is 2.59. The predicted molar refractivity (Wildman–Crippen MR) is 89.4 cm³/mol. The van der Waals surface area contributed by atoms with Gasteiger partial charge in [0.15, 0.2) is 0 Å². The van der Waals surface area contributed by atoms with Crippen molar-refractivity contribution in [2.45, 2.75) is 0 Å². The normalized spacial score (nSPS) is 12.5. The molecule has 0 radical (unpaired) electrons. The Bertz CT molecular complexity index is 484. The van der Waals surface area contributed by atoms with Crippen molar-refractivity contribution in [2.75, 3.05) is 42.7 Å². The van der Waals surface area contributed by atoms with Gasteiger partial charge >= 0.3 is 17.6 Å². The maximum Gasteiger partial charge on any atom is 0.537 e. The second-order valence-electron chi connectivity index (χ2n) is 4.34. The third-order valence-electron chi connectivity index (χ3n) is 3.57. The third kappa shape index (κ3) is 3.24. The molecule has 0 fully saturated rings. The molecule has 0 N–H and O–H groups in total. The van der Waals surface area contributed by atoms with Gasteiger partial charge in [-0.15, -0.1) is 0 Å². The molecule has 0 aliphatic rings. The topological polar surface area (TPSA) is 55.4 Å². The van der Waals surface area contributed by atoms with E-state index in [2.05, 4.69) is 6.58 Å². The van der Waals surface area contributed by atoms with Crippen LogP contribution >= 0.6 is 0 Å². The zero-order valence-electron chi connectivity index (χ0n) is 14.0. The molecule has 1 aromatic rings. The van der Waals surface area contributed by atoms with E-state index >= 15 is 0 Å². The molecule has 0 heterocycles. The third-order valence-corrected chi connectivity index (χ3v) is 8.93. The summed E-state index contributed by atoms with van der Waals surface area (Å²) in [6, 6.07) is 5.67. The first-order valence-electron chi connectivity index (χ1n) is 6.61. The van der Waals surface area contributed by atoms with E-state index in [1.807, 2.05) is 18.2 Å². The molecule has 6 nitrogen and oxygen atoms in total. The van der Waals surface area contributed by atoms with Gasteiger partial charge in [-0.1, -0.05) is 24.8 Å². The molecule has 124 valence electrons. The van der Waals surface area contributed by atoms with Gasteiger partial charge in [-0.05, 0) is 11.6 Å². The average molecular weight is 345 g/mol. The molecule has 0 saturated heterocycles. The van der Waals surface area contributed by atoms with Gasteiger partial charge in [0.25, 0.3) is 0 Å². The van der Waals surface area contributed by atoms with Crippen molar-refractivity contribution in [1.82, 2.24) is 0 Å². The Morgan fingerprint density at radius 1 is 0.773 bits per heavy atom. The quantitative estimate of drug-likeness (QED) is 0.608. The summed E-state index contributed by atoms with van der Waals surface area (Å²) in [6.45, 7) is 3.86. The van der Waals surface area contributed by atoms with Crippen molar-refractivity contribution < 1.29 is 26.6 Å². The molecule has 22 heavy (non-hydrogen) atoms. The largest absolute Gasteiger partial charge is 0.537 e. The van der Waals surface area contributed by atoms with Gasteiger partial charge in [-0.25, -0.2) is 0 Å². The molecular formula is C14H24O6Si2. The molecule has 0 bridgehead atoms. The Kier molecular flexibility index (Phi) is 7.10. The summed E-state index contributed by atoms with van der Waals surface area (Å²) in [7, 11) is 3.55. The number of hydrogen-bond donors (Lipinski definition) is 0. The highest BCUT2D eigenvalue weighted by molar-refractivity contribution is 6.77. The van der Waals surface area contributed by atoms with Gasteiger partial charge in [0.1, 0.15) is 0 Å². The number of benzene rings is 1. The van der Waals surface area contributed by atoms with E-state index in [4.69, 9.17) is 26.6 Å². The minimum absolute atomic E-state index is 0.824. The van der Waals surface area contributed by atoms with Crippen molar-refractivity contribution in [1.29, 1.82) is 0 Å². The maximum atomic E-state index is 5.53. The highest BCUT2D eigenvalue weighted by atomic mass is 28.4. The fraction of sp³-hybridized carbons (Fsp3) is 0.429. The lowest BCUT2D eigenvalue weighted by atomic mass is 10.2. The molecule has 0 aliphatic carbocycles. The van der Waals surface area contributed by atoms with E-state index in [0.29, 0.717) is 0 Å². The standard InChI is InChI=1S/C14H24O6Si2/c1-8-12-11-13(21(15-2,16-3)17-4)9-10-14(12)22(18-5,19-6)20-7/h8-11H,1H2,2-7H3. The van der Waals surface area contributed by atoms with E-state index in [0.717, 1.165) is 15.9 Å². The van der Waals surface area contributed by atoms with Crippen LogP contribution in [0.25, 0.3) is 6.08 Å². The number of rotatable bonds is 9. The second-order valence-corrected chi connectivity index (χ2v) is 10.1. The molecule has 1 aromatic carbocycles. The van der Waals surface area contributed by atoms with Crippen LogP contribution in [0.3, 0.4) is 0 Å². The van der Waals surface area contributed by atoms with Gasteiger partial charge in [0.05, 0.1) is 0 Å². The monoisotopic (exact) mass is 344 g/mol. The molecule has 0 aliphatic heterocycles.